The zero-order valence-corrected chi connectivity index (χ0v) is 21.6. The molecule has 2 aromatic heterocycles. The lowest BCUT2D eigenvalue weighted by Crippen LogP contribution is -2.43. The lowest BCUT2D eigenvalue weighted by atomic mass is 9.85. The number of anilines is 1. The first-order valence-electron chi connectivity index (χ1n) is 13.1. The van der Waals surface area contributed by atoms with Gasteiger partial charge in [0.1, 0.15) is 17.8 Å². The molecule has 6 rings (SSSR count). The van der Waals surface area contributed by atoms with Gasteiger partial charge in [0.15, 0.2) is 5.82 Å². The molecule has 10 heteroatoms. The number of hydrogen-bond donors (Lipinski definition) is 0. The molecular weight excluding hydrogens is 475 g/mol. The van der Waals surface area contributed by atoms with Gasteiger partial charge in [-0.2, -0.15) is 5.10 Å². The van der Waals surface area contributed by atoms with Crippen molar-refractivity contribution in [3.05, 3.63) is 41.3 Å². The van der Waals surface area contributed by atoms with Crippen molar-refractivity contribution in [1.29, 1.82) is 0 Å². The van der Waals surface area contributed by atoms with Crippen molar-refractivity contribution >= 4 is 22.7 Å². The Morgan fingerprint density at radius 1 is 1.19 bits per heavy atom. The fraction of sp³-hybridized carbons (Fsp3) is 0.556. The Morgan fingerprint density at radius 3 is 2.76 bits per heavy atom. The van der Waals surface area contributed by atoms with Gasteiger partial charge in [-0.05, 0) is 63.4 Å². The number of rotatable bonds is 6. The summed E-state index contributed by atoms with van der Waals surface area (Å²) in [5.41, 5.74) is 2.93. The number of esters is 1. The highest BCUT2D eigenvalue weighted by Crippen LogP contribution is 2.36. The number of carbonyl (C=O) groups excluding carboxylic acids is 1. The minimum absolute atomic E-state index is 0.131. The Labute approximate surface area is 215 Å². The second-order valence-electron chi connectivity index (χ2n) is 10.4. The number of nitrogens with zero attached hydrogens (tertiary/aromatic N) is 6. The van der Waals surface area contributed by atoms with Crippen LogP contribution in [0, 0.1) is 13.8 Å². The fourth-order valence-electron chi connectivity index (χ4n) is 6.11. The summed E-state index contributed by atoms with van der Waals surface area (Å²) in [4.78, 5) is 25.4. The summed E-state index contributed by atoms with van der Waals surface area (Å²) in [7, 11) is 0. The summed E-state index contributed by atoms with van der Waals surface area (Å²) < 4.78 is 28.1. The van der Waals surface area contributed by atoms with Crippen LogP contribution in [-0.2, 0) is 14.3 Å². The highest BCUT2D eigenvalue weighted by molar-refractivity contribution is 5.82. The highest BCUT2D eigenvalue weighted by atomic mass is 19.1. The second kappa shape index (κ2) is 9.64. The lowest BCUT2D eigenvalue weighted by Gasteiger charge is -2.35. The van der Waals surface area contributed by atoms with Crippen LogP contribution >= 0.6 is 0 Å². The number of carbonyl (C=O) groups is 1. The molecule has 5 heterocycles. The van der Waals surface area contributed by atoms with Crippen molar-refractivity contribution in [3.63, 3.8) is 0 Å². The molecule has 0 amide bonds. The van der Waals surface area contributed by atoms with Gasteiger partial charge < -0.3 is 14.4 Å². The van der Waals surface area contributed by atoms with E-state index in [1.807, 2.05) is 35.7 Å². The maximum atomic E-state index is 15.4. The smallest absolute Gasteiger partial charge is 0.320 e. The van der Waals surface area contributed by atoms with Gasteiger partial charge in [-0.25, -0.2) is 19.0 Å². The number of ether oxygens (including phenoxy) is 2. The molecule has 0 N–H and O–H groups in total. The number of benzene rings is 1. The normalized spacial score (nSPS) is 25.8. The van der Waals surface area contributed by atoms with E-state index in [9.17, 15) is 4.79 Å². The minimum atomic E-state index is -1.07. The number of hydrogen-bond acceptors (Lipinski definition) is 8. The maximum absolute atomic E-state index is 15.4. The van der Waals surface area contributed by atoms with Crippen LogP contribution in [0.5, 0.6) is 0 Å². The van der Waals surface area contributed by atoms with E-state index in [0.29, 0.717) is 37.3 Å². The number of aromatic nitrogens is 4. The molecule has 2 unspecified atom stereocenters. The molecule has 0 spiro atoms. The molecule has 3 saturated heterocycles. The Hall–Kier alpha value is -3.11. The first-order valence-corrected chi connectivity index (χ1v) is 13.1. The van der Waals surface area contributed by atoms with Crippen LogP contribution in [0.15, 0.2) is 24.4 Å². The van der Waals surface area contributed by atoms with Crippen LogP contribution in [0.4, 0.5) is 10.2 Å². The molecule has 3 aliphatic heterocycles. The third-order valence-electron chi connectivity index (χ3n) is 7.86. The Kier molecular flexibility index (Phi) is 6.32. The van der Waals surface area contributed by atoms with Gasteiger partial charge in [-0.15, -0.1) is 0 Å². The van der Waals surface area contributed by atoms with Gasteiger partial charge >= 0.3 is 5.97 Å². The van der Waals surface area contributed by atoms with E-state index in [0.717, 1.165) is 47.4 Å². The molecule has 3 fully saturated rings. The molecule has 0 aliphatic carbocycles. The summed E-state index contributed by atoms with van der Waals surface area (Å²) in [6, 6.07) is 6.49. The van der Waals surface area contributed by atoms with Crippen LogP contribution in [0.25, 0.3) is 16.7 Å². The SMILES string of the molecule is CCOC(=O)CN1CCC(c2cc3c(cnn3-c3cc(N4C[C@@H]5C[C@H]4CO5)nc(C)n3)cc2C)C(F)C1. The van der Waals surface area contributed by atoms with Gasteiger partial charge in [-0.1, -0.05) is 0 Å². The van der Waals surface area contributed by atoms with Crippen LogP contribution in [0.1, 0.15) is 42.6 Å². The number of aryl methyl sites for hydroxylation is 2. The van der Waals surface area contributed by atoms with Gasteiger partial charge in [-0.3, -0.25) is 9.69 Å². The van der Waals surface area contributed by atoms with Crippen molar-refractivity contribution in [1.82, 2.24) is 24.6 Å². The zero-order chi connectivity index (χ0) is 25.7. The topological polar surface area (TPSA) is 85.6 Å². The third-order valence-corrected chi connectivity index (χ3v) is 7.86. The van der Waals surface area contributed by atoms with Crippen molar-refractivity contribution in [2.75, 3.05) is 44.3 Å². The predicted octanol–water partition coefficient (Wildman–Crippen LogP) is 3.10. The van der Waals surface area contributed by atoms with E-state index in [4.69, 9.17) is 19.4 Å². The quantitative estimate of drug-likeness (QED) is 0.470. The van der Waals surface area contributed by atoms with Gasteiger partial charge in [0, 0.05) is 30.5 Å². The largest absolute Gasteiger partial charge is 0.465 e. The molecular formula is C27H33FN6O3. The van der Waals surface area contributed by atoms with Crippen LogP contribution < -0.4 is 4.90 Å². The van der Waals surface area contributed by atoms with Crippen LogP contribution in [0.3, 0.4) is 0 Å². The second-order valence-corrected chi connectivity index (χ2v) is 10.4. The van der Waals surface area contributed by atoms with Crippen molar-refractivity contribution in [2.24, 2.45) is 0 Å². The van der Waals surface area contributed by atoms with Crippen LogP contribution in [-0.4, -0.2) is 88.3 Å². The monoisotopic (exact) mass is 508 g/mol. The molecule has 37 heavy (non-hydrogen) atoms. The third kappa shape index (κ3) is 4.57. The van der Waals surface area contributed by atoms with E-state index < -0.39 is 6.17 Å². The number of likely N-dealkylation sites (tertiary alicyclic amines) is 1. The van der Waals surface area contributed by atoms with E-state index in [1.54, 1.807) is 6.92 Å². The summed E-state index contributed by atoms with van der Waals surface area (Å²) >= 11 is 0. The first kappa shape index (κ1) is 24.2. The Morgan fingerprint density at radius 2 is 2.03 bits per heavy atom. The predicted molar refractivity (Wildman–Crippen MR) is 137 cm³/mol. The molecule has 3 aliphatic rings. The Balaban J connectivity index is 1.29. The number of fused-ring (bicyclic) bond motifs is 3. The molecule has 3 aromatic rings. The minimum Gasteiger partial charge on any atom is -0.465 e. The molecule has 2 bridgehead atoms. The average Bonchev–Trinajstić information content (AvgIpc) is 3.59. The average molecular weight is 509 g/mol. The van der Waals surface area contributed by atoms with Crippen molar-refractivity contribution in [3.8, 4) is 5.82 Å². The van der Waals surface area contributed by atoms with Crippen molar-refractivity contribution < 1.29 is 18.7 Å². The van der Waals surface area contributed by atoms with Crippen LogP contribution in [0.2, 0.25) is 0 Å². The van der Waals surface area contributed by atoms with E-state index in [2.05, 4.69) is 22.1 Å². The maximum Gasteiger partial charge on any atom is 0.320 e. The number of halogens is 1. The summed E-state index contributed by atoms with van der Waals surface area (Å²) in [6.45, 7) is 8.62. The van der Waals surface area contributed by atoms with E-state index in [-0.39, 0.29) is 31.1 Å². The lowest BCUT2D eigenvalue weighted by molar-refractivity contribution is -0.145. The van der Waals surface area contributed by atoms with Gasteiger partial charge in [0.25, 0.3) is 0 Å². The molecule has 0 radical (unpaired) electrons. The number of alkyl halides is 1. The molecule has 1 aromatic carbocycles. The van der Waals surface area contributed by atoms with Gasteiger partial charge in [0.2, 0.25) is 0 Å². The Bertz CT molecular complexity index is 1330. The van der Waals surface area contributed by atoms with Crippen molar-refractivity contribution in [2.45, 2.75) is 57.8 Å². The van der Waals surface area contributed by atoms with Gasteiger partial charge in [0.05, 0.1) is 43.6 Å². The van der Waals surface area contributed by atoms with E-state index in [1.165, 1.54) is 0 Å². The molecule has 9 nitrogen and oxygen atoms in total. The zero-order valence-electron chi connectivity index (χ0n) is 21.6. The van der Waals surface area contributed by atoms with E-state index >= 15 is 4.39 Å². The molecule has 196 valence electrons. The molecule has 0 saturated carbocycles. The molecule has 4 atom stereocenters. The fourth-order valence-corrected chi connectivity index (χ4v) is 6.11. The summed E-state index contributed by atoms with van der Waals surface area (Å²) in [6.07, 6.45) is 2.71. The number of morpholine rings is 1. The first-order chi connectivity index (χ1) is 17.9. The standard InChI is InChI=1S/C27H33FN6O3/c1-4-36-27(35)14-32-6-5-21(23(28)13-32)22-9-24-18(7-16(22)2)11-29-34(24)26-10-25(30-17(3)31-26)33-12-20-8-19(33)15-37-20/h7,9-11,19-21,23H,4-6,8,12-15H2,1-3H3/t19-,20-,21?,23?/m0/s1. The summed E-state index contributed by atoms with van der Waals surface area (Å²) in [5, 5.41) is 5.65. The number of piperidine rings is 1. The highest BCUT2D eigenvalue weighted by Gasteiger charge is 2.40. The summed E-state index contributed by atoms with van der Waals surface area (Å²) in [5.74, 6) is 1.74.